The van der Waals surface area contributed by atoms with Gasteiger partial charge < -0.3 is 26.4 Å². The third-order valence-electron chi connectivity index (χ3n) is 5.02. The van der Waals surface area contributed by atoms with Crippen LogP contribution in [0.2, 0.25) is 0 Å². The van der Waals surface area contributed by atoms with Crippen LogP contribution in [0.3, 0.4) is 0 Å². The second-order valence-electron chi connectivity index (χ2n) is 7.17. The molecule has 1 aliphatic heterocycles. The summed E-state index contributed by atoms with van der Waals surface area (Å²) in [5.41, 5.74) is 12.1. The van der Waals surface area contributed by atoms with E-state index < -0.39 is 47.2 Å². The van der Waals surface area contributed by atoms with Gasteiger partial charge in [0.2, 0.25) is 5.82 Å². The predicted octanol–water partition coefficient (Wildman–Crippen LogP) is -1.16. The molecule has 6 N–H and O–H groups in total. The molecular weight excluding hydrogens is 444 g/mol. The van der Waals surface area contributed by atoms with Crippen molar-refractivity contribution in [2.45, 2.75) is 36.4 Å². The van der Waals surface area contributed by atoms with Gasteiger partial charge in [-0.15, -0.1) is 0 Å². The number of fused-ring (bicyclic) bond motifs is 1. The van der Waals surface area contributed by atoms with Gasteiger partial charge in [0.25, 0.3) is 16.0 Å². The number of rotatable bonds is 6. The normalized spacial score (nSPS) is 23.6. The highest BCUT2D eigenvalue weighted by Crippen LogP contribution is 2.37. The number of hydrogen-bond donors (Lipinski definition) is 4. The third kappa shape index (κ3) is 3.67. The fraction of sp³-hybridized carbons (Fsp3) is 0.333. The molecule has 14 heteroatoms. The molecular formula is C18H20N6O7S. The summed E-state index contributed by atoms with van der Waals surface area (Å²) in [6, 6.07) is 5.86. The summed E-state index contributed by atoms with van der Waals surface area (Å²) in [4.78, 5) is 23.8. The molecule has 3 aromatic rings. The summed E-state index contributed by atoms with van der Waals surface area (Å²) in [7, 11) is -4.37. The van der Waals surface area contributed by atoms with Crippen molar-refractivity contribution in [3.8, 4) is 0 Å². The van der Waals surface area contributed by atoms with Crippen LogP contribution >= 0.6 is 0 Å². The molecule has 0 aliphatic carbocycles. The largest absolute Gasteiger partial charge is 0.394 e. The van der Waals surface area contributed by atoms with Crippen LogP contribution in [-0.2, 0) is 19.0 Å². The Morgan fingerprint density at radius 2 is 1.97 bits per heavy atom. The minimum atomic E-state index is -4.37. The number of amides is 1. The Labute approximate surface area is 181 Å². The highest BCUT2D eigenvalue weighted by molar-refractivity contribution is 7.86. The van der Waals surface area contributed by atoms with E-state index in [1.54, 1.807) is 19.1 Å². The number of carbonyl (C=O) groups is 1. The maximum Gasteiger partial charge on any atom is 0.297 e. The van der Waals surface area contributed by atoms with Gasteiger partial charge in [0, 0.05) is 0 Å². The summed E-state index contributed by atoms with van der Waals surface area (Å²) in [5, 5.41) is 20.2. The fourth-order valence-electron chi connectivity index (χ4n) is 3.43. The molecule has 32 heavy (non-hydrogen) atoms. The molecule has 1 amide bonds. The zero-order valence-electron chi connectivity index (χ0n) is 16.7. The molecule has 3 heterocycles. The maximum absolute atomic E-state index is 12.9. The number of imidazole rings is 1. The van der Waals surface area contributed by atoms with Crippen LogP contribution in [0.4, 0.5) is 5.82 Å². The molecule has 4 atom stereocenters. The number of nitrogens with zero attached hydrogens (tertiary/aromatic N) is 4. The number of aryl methyl sites for hydroxylation is 1. The van der Waals surface area contributed by atoms with Crippen LogP contribution in [-0.4, -0.2) is 69.0 Å². The highest BCUT2D eigenvalue weighted by atomic mass is 32.2. The van der Waals surface area contributed by atoms with Crippen molar-refractivity contribution in [1.82, 2.24) is 19.5 Å². The first-order chi connectivity index (χ1) is 15.1. The monoisotopic (exact) mass is 464 g/mol. The molecule has 0 bridgehead atoms. The fourth-order valence-corrected chi connectivity index (χ4v) is 4.51. The van der Waals surface area contributed by atoms with Crippen LogP contribution in [0.25, 0.3) is 11.2 Å². The average molecular weight is 464 g/mol. The van der Waals surface area contributed by atoms with E-state index >= 15 is 0 Å². The standard InChI is InChI=1S/C18H20N6O7S/c1-8-2-4-9(5-3-8)32(28,29)31-13-12(26)10(6-25)30-18(13)24-16-11(14(19)21-7-22-16)23-17(24)15(20)27/h2-5,7,10,12-13,18,25-26H,6H2,1H3,(H2,20,27)(H2,19,21,22)/t10-,12-,13-,18-/m1/s1. The topological polar surface area (TPSA) is 206 Å². The Hall–Kier alpha value is -3.17. The van der Waals surface area contributed by atoms with Gasteiger partial charge in [-0.1, -0.05) is 17.7 Å². The lowest BCUT2D eigenvalue weighted by Gasteiger charge is -2.22. The average Bonchev–Trinajstić information content (AvgIpc) is 3.27. The summed E-state index contributed by atoms with van der Waals surface area (Å²) in [5.74, 6) is -1.42. The molecule has 2 aromatic heterocycles. The van der Waals surface area contributed by atoms with Gasteiger partial charge in [-0.05, 0) is 19.1 Å². The van der Waals surface area contributed by atoms with Gasteiger partial charge in [0.1, 0.15) is 18.5 Å². The van der Waals surface area contributed by atoms with E-state index in [-0.39, 0.29) is 27.7 Å². The smallest absolute Gasteiger partial charge is 0.297 e. The molecule has 1 aromatic carbocycles. The van der Waals surface area contributed by atoms with E-state index in [4.69, 9.17) is 20.4 Å². The van der Waals surface area contributed by atoms with Gasteiger partial charge in [-0.25, -0.2) is 15.0 Å². The Balaban J connectivity index is 1.83. The second-order valence-corrected chi connectivity index (χ2v) is 8.74. The van der Waals surface area contributed by atoms with Gasteiger partial charge in [-0.3, -0.25) is 13.5 Å². The lowest BCUT2D eigenvalue weighted by atomic mass is 10.1. The molecule has 13 nitrogen and oxygen atoms in total. The highest BCUT2D eigenvalue weighted by Gasteiger charge is 2.49. The SMILES string of the molecule is Cc1ccc(S(=O)(=O)O[C@@H]2[C@H](O)[C@@H](CO)O[C@H]2n2c(C(N)=O)nc3c(N)ncnc32)cc1. The van der Waals surface area contributed by atoms with Crippen molar-refractivity contribution in [3.63, 3.8) is 0 Å². The number of aliphatic hydroxyl groups excluding tert-OH is 2. The molecule has 0 spiro atoms. The second kappa shape index (κ2) is 8.07. The number of nitrogens with two attached hydrogens (primary N) is 2. The Kier molecular flexibility index (Phi) is 5.56. The number of carbonyl (C=O) groups excluding carboxylic acids is 1. The lowest BCUT2D eigenvalue weighted by molar-refractivity contribution is -0.0489. The van der Waals surface area contributed by atoms with Crippen molar-refractivity contribution in [3.05, 3.63) is 42.0 Å². The maximum atomic E-state index is 12.9. The van der Waals surface area contributed by atoms with Crippen molar-refractivity contribution >= 4 is 33.0 Å². The van der Waals surface area contributed by atoms with E-state index in [1.165, 1.54) is 12.1 Å². The number of hydrogen-bond acceptors (Lipinski definition) is 11. The molecule has 0 unspecified atom stereocenters. The summed E-state index contributed by atoms with van der Waals surface area (Å²) in [6.07, 6.45) is -4.72. The Morgan fingerprint density at radius 1 is 1.28 bits per heavy atom. The summed E-state index contributed by atoms with van der Waals surface area (Å²) >= 11 is 0. The van der Waals surface area contributed by atoms with Crippen LogP contribution in [0.5, 0.6) is 0 Å². The first-order valence-electron chi connectivity index (χ1n) is 9.36. The quantitative estimate of drug-likeness (QED) is 0.320. The van der Waals surface area contributed by atoms with E-state index in [1.807, 2.05) is 0 Å². The first-order valence-corrected chi connectivity index (χ1v) is 10.8. The zero-order chi connectivity index (χ0) is 23.2. The molecule has 1 saturated heterocycles. The zero-order valence-corrected chi connectivity index (χ0v) is 17.5. The molecule has 0 radical (unpaired) electrons. The van der Waals surface area contributed by atoms with E-state index in [0.717, 1.165) is 16.5 Å². The van der Waals surface area contributed by atoms with Gasteiger partial charge in [0.05, 0.1) is 11.5 Å². The van der Waals surface area contributed by atoms with Crippen LogP contribution in [0.1, 0.15) is 22.4 Å². The van der Waals surface area contributed by atoms with E-state index in [0.29, 0.717) is 0 Å². The molecule has 1 fully saturated rings. The first kappa shape index (κ1) is 22.0. The Morgan fingerprint density at radius 3 is 2.59 bits per heavy atom. The summed E-state index contributed by atoms with van der Waals surface area (Å²) in [6.45, 7) is 1.13. The van der Waals surface area contributed by atoms with E-state index in [9.17, 15) is 23.4 Å². The number of aromatic nitrogens is 4. The number of aliphatic hydroxyl groups is 2. The summed E-state index contributed by atoms with van der Waals surface area (Å²) < 4.78 is 37.8. The van der Waals surface area contributed by atoms with Crippen LogP contribution in [0, 0.1) is 6.92 Å². The van der Waals surface area contributed by atoms with Crippen molar-refractivity contribution in [1.29, 1.82) is 0 Å². The number of ether oxygens (including phenoxy) is 1. The number of nitrogen functional groups attached to an aromatic ring is 1. The minimum absolute atomic E-state index is 0.00317. The van der Waals surface area contributed by atoms with Crippen molar-refractivity contribution < 1.29 is 32.3 Å². The van der Waals surface area contributed by atoms with Gasteiger partial charge in [0.15, 0.2) is 29.3 Å². The molecule has 4 rings (SSSR count). The predicted molar refractivity (Wildman–Crippen MR) is 108 cm³/mol. The third-order valence-corrected chi connectivity index (χ3v) is 6.35. The van der Waals surface area contributed by atoms with E-state index in [2.05, 4.69) is 15.0 Å². The number of primary amides is 1. The number of benzene rings is 1. The Bertz CT molecular complexity index is 1280. The van der Waals surface area contributed by atoms with Crippen LogP contribution < -0.4 is 11.5 Å². The van der Waals surface area contributed by atoms with Gasteiger partial charge >= 0.3 is 0 Å². The van der Waals surface area contributed by atoms with Gasteiger partial charge in [-0.2, -0.15) is 8.42 Å². The lowest BCUT2D eigenvalue weighted by Crippen LogP contribution is -2.37. The molecule has 170 valence electrons. The minimum Gasteiger partial charge on any atom is -0.394 e. The number of anilines is 1. The van der Waals surface area contributed by atoms with Crippen molar-refractivity contribution in [2.75, 3.05) is 12.3 Å². The molecule has 0 saturated carbocycles. The molecule has 1 aliphatic rings. The van der Waals surface area contributed by atoms with Crippen molar-refractivity contribution in [2.24, 2.45) is 5.73 Å². The van der Waals surface area contributed by atoms with Crippen LogP contribution in [0.15, 0.2) is 35.5 Å².